The number of hydrogen-bond acceptors (Lipinski definition) is 5. The first-order chi connectivity index (χ1) is 16.9. The Morgan fingerprint density at radius 3 is 1.54 bits per heavy atom. The van der Waals surface area contributed by atoms with Crippen LogP contribution in [0.2, 0.25) is 5.04 Å². The van der Waals surface area contributed by atoms with E-state index in [1.54, 1.807) is 12.1 Å². The summed E-state index contributed by atoms with van der Waals surface area (Å²) in [4.78, 5) is 11.9. The van der Waals surface area contributed by atoms with E-state index >= 15 is 0 Å². The quantitative estimate of drug-likeness (QED) is 0.200. The highest BCUT2D eigenvalue weighted by Crippen LogP contribution is 2.36. The molecule has 0 unspecified atom stereocenters. The van der Waals surface area contributed by atoms with Crippen LogP contribution in [0.4, 0.5) is 0 Å². The Kier molecular flexibility index (Phi) is 10.2. The highest BCUT2D eigenvalue weighted by Gasteiger charge is 2.49. The third-order valence-corrected chi connectivity index (χ3v) is 10.8. The second kappa shape index (κ2) is 13.4. The van der Waals surface area contributed by atoms with Gasteiger partial charge in [0.15, 0.2) is 0 Å². The molecule has 0 aliphatic rings. The van der Waals surface area contributed by atoms with Crippen LogP contribution < -0.4 is 10.4 Å². The molecule has 0 N–H and O–H groups in total. The van der Waals surface area contributed by atoms with E-state index in [1.807, 2.05) is 30.3 Å². The average Bonchev–Trinajstić information content (AvgIpc) is 2.88. The van der Waals surface area contributed by atoms with E-state index < -0.39 is 8.32 Å². The molecule has 0 aliphatic heterocycles. The molecule has 0 saturated carbocycles. The second-order valence-electron chi connectivity index (χ2n) is 9.24. The van der Waals surface area contributed by atoms with E-state index in [-0.39, 0.29) is 17.6 Å². The molecule has 3 aromatic rings. The van der Waals surface area contributed by atoms with Crippen LogP contribution in [-0.2, 0) is 18.6 Å². The van der Waals surface area contributed by atoms with Crippen LogP contribution in [0.5, 0.6) is 0 Å². The van der Waals surface area contributed by atoms with Crippen LogP contribution in [0.25, 0.3) is 0 Å². The third-order valence-electron chi connectivity index (χ3n) is 5.81. The summed E-state index contributed by atoms with van der Waals surface area (Å²) in [6.07, 6.45) is 0. The Hall–Kier alpha value is -2.77. The van der Waals surface area contributed by atoms with Crippen molar-refractivity contribution in [1.29, 1.82) is 0 Å². The number of esters is 1. The van der Waals surface area contributed by atoms with Gasteiger partial charge < -0.3 is 18.6 Å². The van der Waals surface area contributed by atoms with Gasteiger partial charge in [0.25, 0.3) is 8.32 Å². The van der Waals surface area contributed by atoms with E-state index in [0.717, 1.165) is 0 Å². The molecule has 0 radical (unpaired) electrons. The van der Waals surface area contributed by atoms with Crippen molar-refractivity contribution in [2.45, 2.75) is 25.8 Å². The van der Waals surface area contributed by atoms with Crippen molar-refractivity contribution < 1.29 is 23.4 Å². The molecule has 186 valence electrons. The zero-order valence-electron chi connectivity index (χ0n) is 20.9. The lowest BCUT2D eigenvalue weighted by Gasteiger charge is -2.43. The standard InChI is InChI=1S/C29H36O5Si/c1-29(2,3)35(26-15-9-5-10-16-26,27-17-11-6-12-18-27)34-24-22-32-20-19-31-21-23-33-28(30)25-13-7-4-8-14-25/h4-18H,19-24H2,1-3H3. The summed E-state index contributed by atoms with van der Waals surface area (Å²) in [6.45, 7) is 9.21. The zero-order valence-corrected chi connectivity index (χ0v) is 21.9. The maximum atomic E-state index is 11.9. The SMILES string of the molecule is CC(C)(C)[Si](OCCOCCOCCOC(=O)c1ccccc1)(c1ccccc1)c1ccccc1. The van der Waals surface area contributed by atoms with Crippen molar-refractivity contribution in [2.24, 2.45) is 0 Å². The molecule has 0 atom stereocenters. The summed E-state index contributed by atoms with van der Waals surface area (Å²) in [5, 5.41) is 2.45. The number of hydrogen-bond donors (Lipinski definition) is 0. The van der Waals surface area contributed by atoms with Crippen LogP contribution >= 0.6 is 0 Å². The van der Waals surface area contributed by atoms with Gasteiger partial charge in [-0.05, 0) is 27.5 Å². The lowest BCUT2D eigenvalue weighted by Crippen LogP contribution is -2.66. The summed E-state index contributed by atoms with van der Waals surface area (Å²) in [6, 6.07) is 30.1. The summed E-state index contributed by atoms with van der Waals surface area (Å²) in [5.41, 5.74) is 0.539. The Morgan fingerprint density at radius 1 is 0.629 bits per heavy atom. The Bertz CT molecular complexity index is 964. The van der Waals surface area contributed by atoms with Gasteiger partial charge in [-0.25, -0.2) is 4.79 Å². The molecule has 0 aromatic heterocycles. The monoisotopic (exact) mass is 492 g/mol. The molecule has 0 spiro atoms. The predicted molar refractivity (Wildman–Crippen MR) is 142 cm³/mol. The molecule has 3 rings (SSSR count). The van der Waals surface area contributed by atoms with Gasteiger partial charge in [0.05, 0.1) is 38.6 Å². The Morgan fingerprint density at radius 2 is 1.06 bits per heavy atom. The topological polar surface area (TPSA) is 54.0 Å². The smallest absolute Gasteiger partial charge is 0.338 e. The molecule has 0 fully saturated rings. The molecule has 3 aromatic carbocycles. The highest BCUT2D eigenvalue weighted by molar-refractivity contribution is 6.99. The van der Waals surface area contributed by atoms with E-state index in [1.165, 1.54) is 10.4 Å². The molecule has 5 nitrogen and oxygen atoms in total. The molecule has 0 saturated heterocycles. The van der Waals surface area contributed by atoms with Gasteiger partial charge in [0.2, 0.25) is 0 Å². The molecule has 0 bridgehead atoms. The van der Waals surface area contributed by atoms with Crippen LogP contribution in [0, 0.1) is 0 Å². The summed E-state index contributed by atoms with van der Waals surface area (Å²) in [7, 11) is -2.53. The summed E-state index contributed by atoms with van der Waals surface area (Å²) < 4.78 is 23.3. The maximum Gasteiger partial charge on any atom is 0.338 e. The minimum Gasteiger partial charge on any atom is -0.460 e. The van der Waals surface area contributed by atoms with Gasteiger partial charge >= 0.3 is 5.97 Å². The summed E-state index contributed by atoms with van der Waals surface area (Å²) in [5.74, 6) is -0.342. The van der Waals surface area contributed by atoms with E-state index in [9.17, 15) is 4.79 Å². The van der Waals surface area contributed by atoms with Gasteiger partial charge in [0.1, 0.15) is 6.61 Å². The fourth-order valence-corrected chi connectivity index (χ4v) is 8.73. The molecule has 0 heterocycles. The Labute approximate surface area is 210 Å². The lowest BCUT2D eigenvalue weighted by atomic mass is 10.2. The maximum absolute atomic E-state index is 11.9. The molecule has 0 aliphatic carbocycles. The van der Waals surface area contributed by atoms with Crippen molar-refractivity contribution in [3.8, 4) is 0 Å². The number of rotatable bonds is 13. The fraction of sp³-hybridized carbons (Fsp3) is 0.345. The van der Waals surface area contributed by atoms with E-state index in [0.29, 0.717) is 38.6 Å². The van der Waals surface area contributed by atoms with Crippen LogP contribution in [-0.4, -0.2) is 53.9 Å². The molecular weight excluding hydrogens is 456 g/mol. The largest absolute Gasteiger partial charge is 0.460 e. The first-order valence-corrected chi connectivity index (χ1v) is 14.0. The molecule has 6 heteroatoms. The molecular formula is C29H36O5Si. The van der Waals surface area contributed by atoms with Crippen molar-refractivity contribution in [2.75, 3.05) is 39.6 Å². The first-order valence-electron chi connectivity index (χ1n) is 12.1. The van der Waals surface area contributed by atoms with Crippen molar-refractivity contribution in [3.05, 3.63) is 96.6 Å². The number of ether oxygens (including phenoxy) is 3. The first kappa shape index (κ1) is 26.8. The second-order valence-corrected chi connectivity index (χ2v) is 13.5. The van der Waals surface area contributed by atoms with Gasteiger partial charge in [-0.2, -0.15) is 0 Å². The van der Waals surface area contributed by atoms with Crippen LogP contribution in [0.3, 0.4) is 0 Å². The van der Waals surface area contributed by atoms with E-state index in [2.05, 4.69) is 69.3 Å². The van der Waals surface area contributed by atoms with Crippen molar-refractivity contribution in [1.82, 2.24) is 0 Å². The number of benzene rings is 3. The lowest BCUT2D eigenvalue weighted by molar-refractivity contribution is 0.0101. The number of carbonyl (C=O) groups is 1. The minimum absolute atomic E-state index is 0.0595. The van der Waals surface area contributed by atoms with Crippen molar-refractivity contribution >= 4 is 24.7 Å². The van der Waals surface area contributed by atoms with Gasteiger partial charge in [-0.15, -0.1) is 0 Å². The average molecular weight is 493 g/mol. The third kappa shape index (κ3) is 7.35. The highest BCUT2D eigenvalue weighted by atomic mass is 28.4. The van der Waals surface area contributed by atoms with Gasteiger partial charge in [-0.3, -0.25) is 0 Å². The molecule has 0 amide bonds. The number of carbonyl (C=O) groups excluding carboxylic acids is 1. The minimum atomic E-state index is -2.53. The van der Waals surface area contributed by atoms with Crippen LogP contribution in [0.1, 0.15) is 31.1 Å². The summed E-state index contributed by atoms with van der Waals surface area (Å²) >= 11 is 0. The normalized spacial score (nSPS) is 11.9. The molecule has 35 heavy (non-hydrogen) atoms. The van der Waals surface area contributed by atoms with Gasteiger partial charge in [0, 0.05) is 0 Å². The predicted octanol–water partition coefficient (Wildman–Crippen LogP) is 4.45. The fourth-order valence-electron chi connectivity index (χ4n) is 4.19. The van der Waals surface area contributed by atoms with Gasteiger partial charge in [-0.1, -0.05) is 99.6 Å². The van der Waals surface area contributed by atoms with Crippen molar-refractivity contribution in [3.63, 3.8) is 0 Å². The van der Waals surface area contributed by atoms with Crippen LogP contribution in [0.15, 0.2) is 91.0 Å². The Balaban J connectivity index is 1.44. The zero-order chi connectivity index (χ0) is 25.0. The van der Waals surface area contributed by atoms with E-state index in [4.69, 9.17) is 18.6 Å².